The molecule has 0 spiro atoms. The highest BCUT2D eigenvalue weighted by atomic mass is 16.6. The van der Waals surface area contributed by atoms with Crippen molar-refractivity contribution in [1.82, 2.24) is 0 Å². The van der Waals surface area contributed by atoms with Crippen LogP contribution in [0, 0.1) is 23.0 Å². The lowest BCUT2D eigenvalue weighted by Gasteiger charge is -2.16. The predicted octanol–water partition coefficient (Wildman–Crippen LogP) is 4.69. The van der Waals surface area contributed by atoms with Crippen LogP contribution in [0.4, 0.5) is 17.1 Å². The maximum absolute atomic E-state index is 12.7. The minimum atomic E-state index is -0.513. The molecule has 1 heterocycles. The zero-order valence-electron chi connectivity index (χ0n) is 17.4. The molecule has 1 atom stereocenters. The van der Waals surface area contributed by atoms with Gasteiger partial charge in [-0.15, -0.1) is 0 Å². The first-order valence-corrected chi connectivity index (χ1v) is 10.1. The van der Waals surface area contributed by atoms with Crippen LogP contribution in [-0.4, -0.2) is 23.3 Å². The Bertz CT molecular complexity index is 1140. The Kier molecular flexibility index (Phi) is 5.85. The highest BCUT2D eigenvalue weighted by Gasteiger charge is 2.35. The molecule has 3 aromatic rings. The highest BCUT2D eigenvalue weighted by Crippen LogP contribution is 2.28. The number of benzene rings is 3. The maximum atomic E-state index is 12.7. The van der Waals surface area contributed by atoms with Crippen molar-refractivity contribution in [2.24, 2.45) is 5.92 Å². The van der Waals surface area contributed by atoms with Gasteiger partial charge in [-0.05, 0) is 55.5 Å². The Labute approximate surface area is 184 Å². The fourth-order valence-electron chi connectivity index (χ4n) is 3.48. The first-order valence-electron chi connectivity index (χ1n) is 10.1. The number of hydrogen-bond donors (Lipinski definition) is 1. The molecule has 0 unspecified atom stereocenters. The van der Waals surface area contributed by atoms with Crippen molar-refractivity contribution in [2.45, 2.75) is 13.3 Å². The first kappa shape index (κ1) is 21.0. The Morgan fingerprint density at radius 1 is 1.00 bits per heavy atom. The van der Waals surface area contributed by atoms with Gasteiger partial charge in [0, 0.05) is 36.5 Å². The molecule has 3 aromatic carbocycles. The van der Waals surface area contributed by atoms with E-state index in [1.54, 1.807) is 24.3 Å². The van der Waals surface area contributed by atoms with Crippen molar-refractivity contribution in [3.05, 3.63) is 88.5 Å². The molecule has 1 aliphatic rings. The molecule has 1 saturated heterocycles. The number of nitrogens with one attached hydrogen (secondary N) is 1. The number of nitro groups is 1. The van der Waals surface area contributed by atoms with Gasteiger partial charge in [-0.2, -0.15) is 0 Å². The molecule has 8 nitrogen and oxygen atoms in total. The average molecular weight is 431 g/mol. The van der Waals surface area contributed by atoms with Crippen molar-refractivity contribution in [1.29, 1.82) is 0 Å². The third kappa shape index (κ3) is 4.75. The van der Waals surface area contributed by atoms with Crippen LogP contribution in [0.3, 0.4) is 0 Å². The van der Waals surface area contributed by atoms with Gasteiger partial charge in [0.2, 0.25) is 11.8 Å². The number of non-ortho nitro benzene ring substituents is 1. The van der Waals surface area contributed by atoms with E-state index >= 15 is 0 Å². The second kappa shape index (κ2) is 8.89. The normalized spacial score (nSPS) is 15.5. The molecule has 8 heteroatoms. The minimum absolute atomic E-state index is 0.0514. The van der Waals surface area contributed by atoms with Crippen molar-refractivity contribution < 1.29 is 19.2 Å². The number of aryl methyl sites for hydroxylation is 1. The summed E-state index contributed by atoms with van der Waals surface area (Å²) in [6.07, 6.45) is 0.0808. The minimum Gasteiger partial charge on any atom is -0.457 e. The Morgan fingerprint density at radius 3 is 2.19 bits per heavy atom. The predicted molar refractivity (Wildman–Crippen MR) is 120 cm³/mol. The van der Waals surface area contributed by atoms with E-state index in [0.717, 1.165) is 11.3 Å². The molecule has 32 heavy (non-hydrogen) atoms. The lowest BCUT2D eigenvalue weighted by molar-refractivity contribution is -0.384. The van der Waals surface area contributed by atoms with Gasteiger partial charge in [0.1, 0.15) is 11.5 Å². The van der Waals surface area contributed by atoms with Gasteiger partial charge >= 0.3 is 0 Å². The summed E-state index contributed by atoms with van der Waals surface area (Å²) < 4.78 is 5.79. The van der Waals surface area contributed by atoms with E-state index in [0.29, 0.717) is 17.1 Å². The molecule has 162 valence electrons. The molecule has 1 fully saturated rings. The largest absolute Gasteiger partial charge is 0.457 e. The van der Waals surface area contributed by atoms with E-state index in [4.69, 9.17) is 4.74 Å². The number of carbonyl (C=O) groups excluding carboxylic acids is 2. The Balaban J connectivity index is 1.36. The fraction of sp³-hybridized carbons (Fsp3) is 0.167. The van der Waals surface area contributed by atoms with E-state index in [-0.39, 0.29) is 30.5 Å². The number of hydrogen-bond acceptors (Lipinski definition) is 5. The van der Waals surface area contributed by atoms with Crippen molar-refractivity contribution >= 4 is 28.9 Å². The van der Waals surface area contributed by atoms with E-state index in [9.17, 15) is 19.7 Å². The summed E-state index contributed by atoms with van der Waals surface area (Å²) in [6, 6.07) is 20.4. The van der Waals surface area contributed by atoms with Crippen LogP contribution in [0.2, 0.25) is 0 Å². The molecular weight excluding hydrogens is 410 g/mol. The molecule has 1 N–H and O–H groups in total. The van der Waals surface area contributed by atoms with Crippen LogP contribution < -0.4 is 15.0 Å². The summed E-state index contributed by atoms with van der Waals surface area (Å²) in [4.78, 5) is 36.9. The van der Waals surface area contributed by atoms with Gasteiger partial charge in [-0.3, -0.25) is 19.7 Å². The average Bonchev–Trinajstić information content (AvgIpc) is 3.18. The van der Waals surface area contributed by atoms with Crippen molar-refractivity contribution in [3.8, 4) is 11.5 Å². The zero-order valence-corrected chi connectivity index (χ0v) is 17.4. The van der Waals surface area contributed by atoms with E-state index in [1.165, 1.54) is 29.2 Å². The lowest BCUT2D eigenvalue weighted by Crippen LogP contribution is -2.28. The molecule has 0 radical (unpaired) electrons. The van der Waals surface area contributed by atoms with Gasteiger partial charge < -0.3 is 15.0 Å². The van der Waals surface area contributed by atoms with Crippen LogP contribution in [0.5, 0.6) is 11.5 Å². The van der Waals surface area contributed by atoms with Crippen molar-refractivity contribution in [3.63, 3.8) is 0 Å². The standard InChI is InChI=1S/C24H21N3O5/c1-16-2-10-21(11-3-16)32-22-12-4-18(5-13-22)25-24(29)17-14-23(28)26(15-17)19-6-8-20(9-7-19)27(30)31/h2-13,17H,14-15H2,1H3,(H,25,29)/t17-/m1/s1. The SMILES string of the molecule is Cc1ccc(Oc2ccc(NC(=O)[C@@H]3CC(=O)N(c4ccc([N+](=O)[O-])cc4)C3)cc2)cc1. The zero-order chi connectivity index (χ0) is 22.7. The number of rotatable bonds is 6. The van der Waals surface area contributed by atoms with Gasteiger partial charge in [0.25, 0.3) is 5.69 Å². The molecule has 0 aromatic heterocycles. The Hall–Kier alpha value is -4.20. The molecule has 1 aliphatic heterocycles. The summed E-state index contributed by atoms with van der Waals surface area (Å²) in [5, 5.41) is 13.6. The first-order chi connectivity index (χ1) is 15.4. The smallest absolute Gasteiger partial charge is 0.269 e. The van der Waals surface area contributed by atoms with E-state index < -0.39 is 10.8 Å². The number of nitro benzene ring substituents is 1. The molecule has 0 aliphatic carbocycles. The van der Waals surface area contributed by atoms with Crippen LogP contribution in [-0.2, 0) is 9.59 Å². The van der Waals surface area contributed by atoms with Crippen LogP contribution in [0.25, 0.3) is 0 Å². The monoisotopic (exact) mass is 431 g/mol. The van der Waals surface area contributed by atoms with Crippen LogP contribution in [0.15, 0.2) is 72.8 Å². The number of carbonyl (C=O) groups is 2. The topological polar surface area (TPSA) is 102 Å². The number of ether oxygens (including phenoxy) is 1. The van der Waals surface area contributed by atoms with E-state index in [2.05, 4.69) is 5.32 Å². The van der Waals surface area contributed by atoms with E-state index in [1.807, 2.05) is 31.2 Å². The summed E-state index contributed by atoms with van der Waals surface area (Å²) in [7, 11) is 0. The number of nitrogens with zero attached hydrogens (tertiary/aromatic N) is 2. The maximum Gasteiger partial charge on any atom is 0.269 e. The van der Waals surface area contributed by atoms with Crippen molar-refractivity contribution in [2.75, 3.05) is 16.8 Å². The highest BCUT2D eigenvalue weighted by molar-refractivity contribution is 6.03. The lowest BCUT2D eigenvalue weighted by atomic mass is 10.1. The number of anilines is 2. The third-order valence-corrected chi connectivity index (χ3v) is 5.25. The third-order valence-electron chi connectivity index (χ3n) is 5.25. The summed E-state index contributed by atoms with van der Waals surface area (Å²) >= 11 is 0. The van der Waals surface area contributed by atoms with Gasteiger partial charge in [-0.25, -0.2) is 0 Å². The second-order valence-electron chi connectivity index (χ2n) is 7.61. The molecule has 0 saturated carbocycles. The fourth-order valence-corrected chi connectivity index (χ4v) is 3.48. The van der Waals surface area contributed by atoms with Gasteiger partial charge in [0.05, 0.1) is 10.8 Å². The molecule has 2 amide bonds. The second-order valence-corrected chi connectivity index (χ2v) is 7.61. The number of amides is 2. The molecule has 4 rings (SSSR count). The van der Waals surface area contributed by atoms with Crippen LogP contribution >= 0.6 is 0 Å². The van der Waals surface area contributed by atoms with Gasteiger partial charge in [0.15, 0.2) is 0 Å². The van der Waals surface area contributed by atoms with Crippen LogP contribution in [0.1, 0.15) is 12.0 Å². The summed E-state index contributed by atoms with van der Waals surface area (Å²) in [5.41, 5.74) is 2.23. The summed E-state index contributed by atoms with van der Waals surface area (Å²) in [6.45, 7) is 2.22. The molecular formula is C24H21N3O5. The molecule has 0 bridgehead atoms. The summed E-state index contributed by atoms with van der Waals surface area (Å²) in [5.74, 6) is 0.410. The quantitative estimate of drug-likeness (QED) is 0.451. The Morgan fingerprint density at radius 2 is 1.59 bits per heavy atom. The van der Waals surface area contributed by atoms with Gasteiger partial charge in [-0.1, -0.05) is 17.7 Å².